The van der Waals surface area contributed by atoms with Gasteiger partial charge in [-0.05, 0) is 31.0 Å². The van der Waals surface area contributed by atoms with E-state index in [1.165, 1.54) is 36.8 Å². The molecule has 0 bridgehead atoms. The highest BCUT2D eigenvalue weighted by Gasteiger charge is 2.21. The van der Waals surface area contributed by atoms with Gasteiger partial charge in [-0.25, -0.2) is 9.37 Å². The SMILES string of the molecule is COC(=O)[C@@H](CNC(=O)c1cnc(C)s1)Cc1ccc(F)cc1. The molecule has 0 unspecified atom stereocenters. The quantitative estimate of drug-likeness (QED) is 0.822. The number of rotatable bonds is 6. The number of esters is 1. The van der Waals surface area contributed by atoms with Crippen molar-refractivity contribution in [2.45, 2.75) is 13.3 Å². The van der Waals surface area contributed by atoms with Gasteiger partial charge < -0.3 is 10.1 Å². The van der Waals surface area contributed by atoms with E-state index in [2.05, 4.69) is 10.3 Å². The highest BCUT2D eigenvalue weighted by Crippen LogP contribution is 2.13. The number of nitrogens with one attached hydrogen (secondary N) is 1. The number of hydrogen-bond acceptors (Lipinski definition) is 5. The molecule has 1 heterocycles. The van der Waals surface area contributed by atoms with Crippen molar-refractivity contribution in [2.75, 3.05) is 13.7 Å². The third kappa shape index (κ3) is 4.85. The van der Waals surface area contributed by atoms with Crippen molar-refractivity contribution in [2.24, 2.45) is 5.92 Å². The van der Waals surface area contributed by atoms with E-state index in [0.717, 1.165) is 10.6 Å². The molecule has 0 aliphatic rings. The smallest absolute Gasteiger partial charge is 0.310 e. The van der Waals surface area contributed by atoms with Gasteiger partial charge in [-0.1, -0.05) is 12.1 Å². The van der Waals surface area contributed by atoms with E-state index in [4.69, 9.17) is 4.74 Å². The third-order valence-corrected chi connectivity index (χ3v) is 4.20. The van der Waals surface area contributed by atoms with Crippen LogP contribution >= 0.6 is 11.3 Å². The molecule has 1 aromatic carbocycles. The summed E-state index contributed by atoms with van der Waals surface area (Å²) in [4.78, 5) is 28.4. The van der Waals surface area contributed by atoms with Crippen LogP contribution < -0.4 is 5.32 Å². The zero-order valence-corrected chi connectivity index (χ0v) is 13.7. The Kier molecular flexibility index (Phi) is 5.81. The Morgan fingerprint density at radius 3 is 2.61 bits per heavy atom. The first kappa shape index (κ1) is 17.1. The summed E-state index contributed by atoms with van der Waals surface area (Å²) in [5, 5.41) is 3.51. The zero-order valence-electron chi connectivity index (χ0n) is 12.8. The molecule has 7 heteroatoms. The normalized spacial score (nSPS) is 11.8. The highest BCUT2D eigenvalue weighted by molar-refractivity contribution is 7.13. The van der Waals surface area contributed by atoms with Gasteiger partial charge >= 0.3 is 5.97 Å². The minimum Gasteiger partial charge on any atom is -0.469 e. The van der Waals surface area contributed by atoms with Crippen molar-refractivity contribution in [3.63, 3.8) is 0 Å². The number of thiazole rings is 1. The fraction of sp³-hybridized carbons (Fsp3) is 0.312. The van der Waals surface area contributed by atoms with Gasteiger partial charge in [0.2, 0.25) is 0 Å². The van der Waals surface area contributed by atoms with E-state index in [9.17, 15) is 14.0 Å². The molecule has 5 nitrogen and oxygen atoms in total. The Morgan fingerprint density at radius 1 is 1.35 bits per heavy atom. The average molecular weight is 336 g/mol. The van der Waals surface area contributed by atoms with Crippen LogP contribution in [0.2, 0.25) is 0 Å². The average Bonchev–Trinajstić information content (AvgIpc) is 2.98. The van der Waals surface area contributed by atoms with E-state index >= 15 is 0 Å². The predicted molar refractivity (Wildman–Crippen MR) is 84.8 cm³/mol. The summed E-state index contributed by atoms with van der Waals surface area (Å²) in [5.41, 5.74) is 0.796. The predicted octanol–water partition coefficient (Wildman–Crippen LogP) is 2.35. The number of hydrogen-bond donors (Lipinski definition) is 1. The van der Waals surface area contributed by atoms with Gasteiger partial charge in [-0.2, -0.15) is 0 Å². The van der Waals surface area contributed by atoms with Crippen molar-refractivity contribution >= 4 is 23.2 Å². The lowest BCUT2D eigenvalue weighted by molar-refractivity contribution is -0.145. The maximum absolute atomic E-state index is 12.9. The van der Waals surface area contributed by atoms with Gasteiger partial charge in [0.15, 0.2) is 0 Å². The second-order valence-electron chi connectivity index (χ2n) is 5.00. The lowest BCUT2D eigenvalue weighted by Crippen LogP contribution is -2.34. The lowest BCUT2D eigenvalue weighted by Gasteiger charge is -2.15. The molecule has 0 aliphatic carbocycles. The Morgan fingerprint density at radius 2 is 2.04 bits per heavy atom. The van der Waals surface area contributed by atoms with Gasteiger partial charge in [-0.3, -0.25) is 9.59 Å². The first-order valence-corrected chi connectivity index (χ1v) is 7.84. The Labute approximate surface area is 137 Å². The van der Waals surface area contributed by atoms with Crippen molar-refractivity contribution in [1.29, 1.82) is 0 Å². The summed E-state index contributed by atoms with van der Waals surface area (Å²) in [6, 6.07) is 5.89. The maximum atomic E-state index is 12.9. The van der Waals surface area contributed by atoms with Gasteiger partial charge in [0.25, 0.3) is 5.91 Å². The molecule has 0 saturated carbocycles. The molecule has 0 radical (unpaired) electrons. The van der Waals surface area contributed by atoms with Crippen LogP contribution in [-0.4, -0.2) is 30.5 Å². The van der Waals surface area contributed by atoms with Crippen LogP contribution in [0, 0.1) is 18.7 Å². The van der Waals surface area contributed by atoms with Crippen molar-refractivity contribution in [3.8, 4) is 0 Å². The van der Waals surface area contributed by atoms with Crippen LogP contribution in [0.1, 0.15) is 20.2 Å². The number of nitrogens with zero attached hydrogens (tertiary/aromatic N) is 1. The molecule has 122 valence electrons. The zero-order chi connectivity index (χ0) is 16.8. The fourth-order valence-corrected chi connectivity index (χ4v) is 2.77. The number of carbonyl (C=O) groups is 2. The highest BCUT2D eigenvalue weighted by atomic mass is 32.1. The number of aryl methyl sites for hydroxylation is 1. The largest absolute Gasteiger partial charge is 0.469 e. The number of carbonyl (C=O) groups excluding carboxylic acids is 2. The summed E-state index contributed by atoms with van der Waals surface area (Å²) in [7, 11) is 1.30. The number of halogens is 1. The summed E-state index contributed by atoms with van der Waals surface area (Å²) < 4.78 is 17.7. The second kappa shape index (κ2) is 7.82. The summed E-state index contributed by atoms with van der Waals surface area (Å²) in [6.45, 7) is 1.95. The molecule has 1 aromatic heterocycles. The van der Waals surface area contributed by atoms with Crippen molar-refractivity contribution in [1.82, 2.24) is 10.3 Å². The molecule has 0 saturated heterocycles. The van der Waals surface area contributed by atoms with E-state index in [1.54, 1.807) is 12.1 Å². The standard InChI is InChI=1S/C16H17FN2O3S/c1-10-18-9-14(23-10)15(20)19-8-12(16(21)22-2)7-11-3-5-13(17)6-4-11/h3-6,9,12H,7-8H2,1-2H3,(H,19,20)/t12-/m1/s1. The summed E-state index contributed by atoms with van der Waals surface area (Å²) in [6.07, 6.45) is 1.86. The number of ether oxygens (including phenoxy) is 1. The Hall–Kier alpha value is -2.28. The number of amides is 1. The summed E-state index contributed by atoms with van der Waals surface area (Å²) in [5.74, 6) is -1.57. The lowest BCUT2D eigenvalue weighted by atomic mass is 9.99. The molecule has 1 N–H and O–H groups in total. The van der Waals surface area contributed by atoms with Gasteiger partial charge in [-0.15, -0.1) is 11.3 Å². The molecule has 0 aliphatic heterocycles. The molecule has 0 fully saturated rings. The van der Waals surface area contributed by atoms with Crippen molar-refractivity contribution in [3.05, 3.63) is 51.7 Å². The number of benzene rings is 1. The monoisotopic (exact) mass is 336 g/mol. The molecular weight excluding hydrogens is 319 g/mol. The van der Waals surface area contributed by atoms with Crippen LogP contribution in [0.15, 0.2) is 30.5 Å². The second-order valence-corrected chi connectivity index (χ2v) is 6.24. The fourth-order valence-electron chi connectivity index (χ4n) is 2.08. The maximum Gasteiger partial charge on any atom is 0.310 e. The van der Waals surface area contributed by atoms with Crippen molar-refractivity contribution < 1.29 is 18.7 Å². The third-order valence-electron chi connectivity index (χ3n) is 3.28. The topological polar surface area (TPSA) is 68.3 Å². The molecule has 2 aromatic rings. The molecule has 23 heavy (non-hydrogen) atoms. The van der Waals surface area contributed by atoms with Crippen LogP contribution in [-0.2, 0) is 16.0 Å². The van der Waals surface area contributed by atoms with Gasteiger partial charge in [0, 0.05) is 6.54 Å². The van der Waals surface area contributed by atoms with Gasteiger partial charge in [0.1, 0.15) is 10.7 Å². The van der Waals surface area contributed by atoms with Crippen LogP contribution in [0.3, 0.4) is 0 Å². The minimum absolute atomic E-state index is 0.139. The first-order chi connectivity index (χ1) is 11.0. The Bertz CT molecular complexity index is 685. The van der Waals surface area contributed by atoms with Crippen LogP contribution in [0.5, 0.6) is 0 Å². The number of aromatic nitrogens is 1. The minimum atomic E-state index is -0.538. The molecule has 1 amide bonds. The van der Waals surface area contributed by atoms with E-state index in [1.807, 2.05) is 6.92 Å². The van der Waals surface area contributed by atoms with E-state index in [0.29, 0.717) is 11.3 Å². The molecule has 1 atom stereocenters. The van der Waals surface area contributed by atoms with E-state index in [-0.39, 0.29) is 18.3 Å². The Balaban J connectivity index is 1.99. The van der Waals surface area contributed by atoms with E-state index < -0.39 is 11.9 Å². The number of methoxy groups -OCH3 is 1. The van der Waals surface area contributed by atoms with Crippen LogP contribution in [0.4, 0.5) is 4.39 Å². The molecule has 2 rings (SSSR count). The molecule has 0 spiro atoms. The first-order valence-electron chi connectivity index (χ1n) is 7.02. The summed E-state index contributed by atoms with van der Waals surface area (Å²) >= 11 is 1.29. The van der Waals surface area contributed by atoms with Crippen LogP contribution in [0.25, 0.3) is 0 Å². The molecular formula is C16H17FN2O3S. The van der Waals surface area contributed by atoms with Gasteiger partial charge in [0.05, 0.1) is 24.2 Å².